The number of rotatable bonds is 7. The first-order valence-electron chi connectivity index (χ1n) is 14.3. The molecule has 6 nitrogen and oxygen atoms in total. The number of aryl methyl sites for hydroxylation is 1. The summed E-state index contributed by atoms with van der Waals surface area (Å²) in [6.45, 7) is 7.37. The molecule has 210 valence electrons. The van der Waals surface area contributed by atoms with Crippen LogP contribution >= 0.6 is 0 Å². The lowest BCUT2D eigenvalue weighted by molar-refractivity contribution is -0.114. The van der Waals surface area contributed by atoms with Gasteiger partial charge in [-0.05, 0) is 73.4 Å². The van der Waals surface area contributed by atoms with Gasteiger partial charge in [0.2, 0.25) is 5.91 Å². The molecule has 1 fully saturated rings. The first-order valence-corrected chi connectivity index (χ1v) is 14.3. The Hall–Kier alpha value is -4.19. The van der Waals surface area contributed by atoms with E-state index in [1.165, 1.54) is 18.2 Å². The molecule has 0 aliphatic carbocycles. The molecule has 0 radical (unpaired) electrons. The van der Waals surface area contributed by atoms with Crippen LogP contribution in [0.25, 0.3) is 11.3 Å². The molecule has 3 heterocycles. The highest BCUT2D eigenvalue weighted by Gasteiger charge is 2.25. The second kappa shape index (κ2) is 13.7. The molecule has 1 N–H and O–H groups in total. The van der Waals surface area contributed by atoms with Gasteiger partial charge in [0.15, 0.2) is 5.78 Å². The SMILES string of the molecule is CC.CC(=O)Nc1ccc(-c2cccc(Cc3ccc(N4CCCC(C(=O)c5cccn5C)CC4)cc3)n2)cc1.[HH]. The maximum atomic E-state index is 13.0. The quantitative estimate of drug-likeness (QED) is 0.249. The standard InChI is InChI=1S/C32H34N4O2.C2H6.H2/c1-23(37)33-27-14-12-25(13-15-27)30-8-3-7-28(34-30)22-24-10-16-29(17-11-24)36-20-4-6-26(18-21-36)32(38)31-9-5-19-35(31)2;1-2;/h3,5,7-17,19,26H,4,6,18,20-22H2,1-2H3,(H,33,37);1-2H3;1H. The van der Waals surface area contributed by atoms with Crippen molar-refractivity contribution in [2.45, 2.75) is 46.5 Å². The summed E-state index contributed by atoms with van der Waals surface area (Å²) in [6.07, 6.45) is 5.54. The molecule has 1 aliphatic heterocycles. The molecule has 1 amide bonds. The normalized spacial score (nSPS) is 15.0. The summed E-state index contributed by atoms with van der Waals surface area (Å²) in [7, 11) is 1.94. The van der Waals surface area contributed by atoms with Crippen LogP contribution < -0.4 is 10.2 Å². The van der Waals surface area contributed by atoms with Crippen molar-refractivity contribution in [2.75, 3.05) is 23.3 Å². The number of carbonyl (C=O) groups is 2. The van der Waals surface area contributed by atoms with Crippen LogP contribution in [0.1, 0.15) is 63.2 Å². The van der Waals surface area contributed by atoms with E-state index in [4.69, 9.17) is 4.98 Å². The van der Waals surface area contributed by atoms with Gasteiger partial charge >= 0.3 is 0 Å². The Morgan fingerprint density at radius 1 is 0.925 bits per heavy atom. The third-order valence-electron chi connectivity index (χ3n) is 7.29. The van der Waals surface area contributed by atoms with Gasteiger partial charge in [0.1, 0.15) is 0 Å². The number of aromatic nitrogens is 2. The van der Waals surface area contributed by atoms with Crippen molar-refractivity contribution in [1.29, 1.82) is 0 Å². The van der Waals surface area contributed by atoms with Crippen LogP contribution in [0.3, 0.4) is 0 Å². The second-order valence-electron chi connectivity index (χ2n) is 10.1. The Morgan fingerprint density at radius 2 is 1.68 bits per heavy atom. The lowest BCUT2D eigenvalue weighted by Crippen LogP contribution is -2.25. The van der Waals surface area contributed by atoms with Gasteiger partial charge in [-0.2, -0.15) is 0 Å². The molecule has 0 spiro atoms. The second-order valence-corrected chi connectivity index (χ2v) is 10.1. The van der Waals surface area contributed by atoms with Crippen LogP contribution in [0.2, 0.25) is 0 Å². The highest BCUT2D eigenvalue weighted by atomic mass is 16.1. The zero-order chi connectivity index (χ0) is 28.5. The summed E-state index contributed by atoms with van der Waals surface area (Å²) >= 11 is 0. The third kappa shape index (κ3) is 7.26. The molecule has 1 unspecified atom stereocenters. The predicted molar refractivity (Wildman–Crippen MR) is 166 cm³/mol. The molecule has 40 heavy (non-hydrogen) atoms. The number of nitrogens with one attached hydrogen (secondary N) is 1. The van der Waals surface area contributed by atoms with Crippen LogP contribution in [0.5, 0.6) is 0 Å². The molecule has 5 rings (SSSR count). The Bertz CT molecular complexity index is 1410. The lowest BCUT2D eigenvalue weighted by Gasteiger charge is -2.23. The average molecular weight is 539 g/mol. The molecule has 0 saturated carbocycles. The van der Waals surface area contributed by atoms with Gasteiger partial charge in [0.25, 0.3) is 0 Å². The zero-order valence-corrected chi connectivity index (χ0v) is 24.1. The summed E-state index contributed by atoms with van der Waals surface area (Å²) < 4.78 is 1.93. The van der Waals surface area contributed by atoms with Crippen LogP contribution in [-0.2, 0) is 18.3 Å². The molecular formula is C34H42N4O2. The van der Waals surface area contributed by atoms with Crippen molar-refractivity contribution in [3.63, 3.8) is 0 Å². The Morgan fingerprint density at radius 3 is 2.35 bits per heavy atom. The fraction of sp³-hybridized carbons (Fsp3) is 0.324. The third-order valence-corrected chi connectivity index (χ3v) is 7.29. The monoisotopic (exact) mass is 538 g/mol. The van der Waals surface area contributed by atoms with Crippen molar-refractivity contribution in [2.24, 2.45) is 13.0 Å². The number of amides is 1. The number of benzene rings is 2. The Labute approximate surface area is 239 Å². The predicted octanol–water partition coefficient (Wildman–Crippen LogP) is 7.40. The van der Waals surface area contributed by atoms with E-state index < -0.39 is 0 Å². The zero-order valence-electron chi connectivity index (χ0n) is 24.1. The van der Waals surface area contributed by atoms with E-state index >= 15 is 0 Å². The van der Waals surface area contributed by atoms with E-state index in [1.54, 1.807) is 0 Å². The molecular weight excluding hydrogens is 496 g/mol. The molecule has 6 heteroatoms. The Kier molecular flexibility index (Phi) is 9.90. The van der Waals surface area contributed by atoms with E-state index in [9.17, 15) is 9.59 Å². The molecule has 1 aliphatic rings. The minimum Gasteiger partial charge on any atom is -0.372 e. The summed E-state index contributed by atoms with van der Waals surface area (Å²) in [5.74, 6) is 0.281. The number of carbonyl (C=O) groups excluding carboxylic acids is 2. The summed E-state index contributed by atoms with van der Waals surface area (Å²) in [5, 5.41) is 2.80. The summed E-state index contributed by atoms with van der Waals surface area (Å²) in [5.41, 5.74) is 6.96. The number of hydrogen-bond acceptors (Lipinski definition) is 4. The minimum absolute atomic E-state index is 0. The number of Topliss-reactive ketones (excluding diaryl/α,β-unsaturated/α-hetero) is 1. The fourth-order valence-electron chi connectivity index (χ4n) is 5.24. The van der Waals surface area contributed by atoms with E-state index in [0.29, 0.717) is 0 Å². The number of pyridine rings is 1. The van der Waals surface area contributed by atoms with Crippen molar-refractivity contribution >= 4 is 23.1 Å². The van der Waals surface area contributed by atoms with Crippen LogP contribution in [0.15, 0.2) is 85.1 Å². The van der Waals surface area contributed by atoms with Crippen LogP contribution in [0.4, 0.5) is 11.4 Å². The van der Waals surface area contributed by atoms with Crippen molar-refractivity contribution in [3.05, 3.63) is 102 Å². The summed E-state index contributed by atoms with van der Waals surface area (Å²) in [6, 6.07) is 26.5. The molecule has 0 bridgehead atoms. The van der Waals surface area contributed by atoms with E-state index in [-0.39, 0.29) is 19.0 Å². The van der Waals surface area contributed by atoms with Gasteiger partial charge in [-0.1, -0.05) is 44.2 Å². The molecule has 2 aromatic heterocycles. The first kappa shape index (κ1) is 28.8. The number of anilines is 2. The number of nitrogens with zero attached hydrogens (tertiary/aromatic N) is 3. The molecule has 2 aromatic carbocycles. The maximum absolute atomic E-state index is 13.0. The van der Waals surface area contributed by atoms with Gasteiger partial charge in [-0.25, -0.2) is 0 Å². The first-order chi connectivity index (χ1) is 19.5. The van der Waals surface area contributed by atoms with Gasteiger partial charge in [0.05, 0.1) is 11.4 Å². The van der Waals surface area contributed by atoms with Crippen LogP contribution in [0, 0.1) is 5.92 Å². The number of ketones is 1. The number of hydrogen-bond donors (Lipinski definition) is 1. The Balaban J connectivity index is 0.00000151. The molecule has 4 aromatic rings. The highest BCUT2D eigenvalue weighted by molar-refractivity contribution is 5.96. The van der Waals surface area contributed by atoms with Crippen molar-refractivity contribution in [3.8, 4) is 11.3 Å². The molecule has 1 atom stereocenters. The summed E-state index contributed by atoms with van der Waals surface area (Å²) in [4.78, 5) is 31.5. The largest absolute Gasteiger partial charge is 0.372 e. The lowest BCUT2D eigenvalue weighted by atomic mass is 9.94. The van der Waals surface area contributed by atoms with Crippen molar-refractivity contribution in [1.82, 2.24) is 9.55 Å². The van der Waals surface area contributed by atoms with Gasteiger partial charge in [-0.15, -0.1) is 0 Å². The average Bonchev–Trinajstić information content (AvgIpc) is 3.25. The van der Waals surface area contributed by atoms with Gasteiger partial charge in [0, 0.05) is 69.7 Å². The maximum Gasteiger partial charge on any atom is 0.221 e. The van der Waals surface area contributed by atoms with Crippen molar-refractivity contribution < 1.29 is 11.0 Å². The topological polar surface area (TPSA) is 67.2 Å². The van der Waals surface area contributed by atoms with E-state index in [2.05, 4.69) is 40.5 Å². The van der Waals surface area contributed by atoms with Crippen LogP contribution in [-0.4, -0.2) is 34.3 Å². The fourth-order valence-corrected chi connectivity index (χ4v) is 5.24. The smallest absolute Gasteiger partial charge is 0.221 e. The minimum atomic E-state index is -0.0815. The van der Waals surface area contributed by atoms with Gasteiger partial charge < -0.3 is 14.8 Å². The van der Waals surface area contributed by atoms with Gasteiger partial charge in [-0.3, -0.25) is 14.6 Å². The van der Waals surface area contributed by atoms with E-state index in [0.717, 1.165) is 67.1 Å². The molecule has 1 saturated heterocycles. The highest BCUT2D eigenvalue weighted by Crippen LogP contribution is 2.26. The van der Waals surface area contributed by atoms with E-state index in [1.807, 2.05) is 80.2 Å².